The molecule has 3 aromatic rings. The van der Waals surface area contributed by atoms with Crippen LogP contribution in [0.5, 0.6) is 0 Å². The van der Waals surface area contributed by atoms with Gasteiger partial charge in [-0.3, -0.25) is 9.69 Å². The van der Waals surface area contributed by atoms with Gasteiger partial charge in [-0.05, 0) is 35.9 Å². The summed E-state index contributed by atoms with van der Waals surface area (Å²) in [4.78, 5) is 14.9. The normalized spacial score (nSPS) is 16.7. The van der Waals surface area contributed by atoms with E-state index in [0.717, 1.165) is 17.6 Å². The van der Waals surface area contributed by atoms with Crippen LogP contribution in [-0.2, 0) is 11.3 Å². The minimum Gasteiger partial charge on any atom is -0.348 e. The van der Waals surface area contributed by atoms with Gasteiger partial charge in [0.15, 0.2) is 0 Å². The second kappa shape index (κ2) is 7.89. The van der Waals surface area contributed by atoms with Crippen molar-refractivity contribution in [2.75, 3.05) is 18.4 Å². The second-order valence-electron chi connectivity index (χ2n) is 6.58. The average molecular weight is 445 g/mol. The predicted octanol–water partition coefficient (Wildman–Crippen LogP) is 4.95. The fourth-order valence-corrected chi connectivity index (χ4v) is 4.30. The largest absolute Gasteiger partial charge is 0.348 e. The van der Waals surface area contributed by atoms with Crippen LogP contribution in [0.1, 0.15) is 17.3 Å². The van der Waals surface area contributed by atoms with Gasteiger partial charge in [-0.1, -0.05) is 57.9 Å². The lowest BCUT2D eigenvalue weighted by Gasteiger charge is -2.36. The number of hydrogen-bond donors (Lipinski definition) is 1. The van der Waals surface area contributed by atoms with Crippen molar-refractivity contribution in [1.29, 1.82) is 0 Å². The van der Waals surface area contributed by atoms with Crippen molar-refractivity contribution in [1.82, 2.24) is 9.47 Å². The maximum atomic E-state index is 12.7. The molecule has 4 rings (SSSR count). The summed E-state index contributed by atoms with van der Waals surface area (Å²) < 4.78 is 3.14. The van der Waals surface area contributed by atoms with Crippen molar-refractivity contribution in [3.05, 3.63) is 87.6 Å². The van der Waals surface area contributed by atoms with E-state index < -0.39 is 0 Å². The van der Waals surface area contributed by atoms with Crippen LogP contribution in [0, 0.1) is 0 Å². The molecule has 1 atom stereocenters. The summed E-state index contributed by atoms with van der Waals surface area (Å²) in [5.41, 5.74) is 3.02. The maximum Gasteiger partial charge on any atom is 0.238 e. The van der Waals surface area contributed by atoms with Crippen LogP contribution in [0.15, 0.2) is 71.3 Å². The van der Waals surface area contributed by atoms with Gasteiger partial charge < -0.3 is 9.88 Å². The van der Waals surface area contributed by atoms with E-state index >= 15 is 0 Å². The van der Waals surface area contributed by atoms with Crippen molar-refractivity contribution in [3.63, 3.8) is 0 Å². The molecular weight excluding hydrogens is 426 g/mol. The van der Waals surface area contributed by atoms with Crippen molar-refractivity contribution >= 4 is 39.1 Å². The third kappa shape index (κ3) is 3.95. The molecule has 0 radical (unpaired) electrons. The SMILES string of the molecule is O=C(CN1CCn2cccc2C1c1ccccc1)Nc1ccc(Br)cc1Cl. The Bertz CT molecular complexity index is 957. The molecule has 4 nitrogen and oxygen atoms in total. The van der Waals surface area contributed by atoms with Crippen molar-refractivity contribution in [2.45, 2.75) is 12.6 Å². The molecule has 1 aromatic heterocycles. The van der Waals surface area contributed by atoms with Gasteiger partial charge in [-0.2, -0.15) is 0 Å². The Morgan fingerprint density at radius 3 is 2.70 bits per heavy atom. The molecule has 0 saturated heterocycles. The Labute approximate surface area is 171 Å². The van der Waals surface area contributed by atoms with Gasteiger partial charge in [0.2, 0.25) is 5.91 Å². The first-order valence-corrected chi connectivity index (χ1v) is 9.98. The molecule has 0 aliphatic carbocycles. The van der Waals surface area contributed by atoms with Crippen LogP contribution >= 0.6 is 27.5 Å². The van der Waals surface area contributed by atoms with Gasteiger partial charge in [-0.15, -0.1) is 0 Å². The molecule has 6 heteroatoms. The Morgan fingerprint density at radius 2 is 1.93 bits per heavy atom. The molecule has 1 N–H and O–H groups in total. The van der Waals surface area contributed by atoms with E-state index in [4.69, 9.17) is 11.6 Å². The first-order chi connectivity index (χ1) is 13.1. The Kier molecular flexibility index (Phi) is 5.34. The molecule has 0 saturated carbocycles. The van der Waals surface area contributed by atoms with Crippen LogP contribution < -0.4 is 5.32 Å². The van der Waals surface area contributed by atoms with E-state index in [0.29, 0.717) is 17.3 Å². The second-order valence-corrected chi connectivity index (χ2v) is 7.91. The van der Waals surface area contributed by atoms with Gasteiger partial charge >= 0.3 is 0 Å². The van der Waals surface area contributed by atoms with Gasteiger partial charge in [-0.25, -0.2) is 0 Å². The third-order valence-corrected chi connectivity index (χ3v) is 5.61. The Morgan fingerprint density at radius 1 is 1.11 bits per heavy atom. The number of carbonyl (C=O) groups is 1. The summed E-state index contributed by atoms with van der Waals surface area (Å²) in [6.45, 7) is 1.98. The summed E-state index contributed by atoms with van der Waals surface area (Å²) in [5.74, 6) is -0.0693. The molecule has 27 heavy (non-hydrogen) atoms. The first kappa shape index (κ1) is 18.3. The van der Waals surface area contributed by atoms with Crippen LogP contribution in [-0.4, -0.2) is 28.5 Å². The minimum atomic E-state index is -0.0693. The molecule has 1 amide bonds. The van der Waals surface area contributed by atoms with Crippen molar-refractivity contribution in [3.8, 4) is 0 Å². The van der Waals surface area contributed by atoms with Crippen LogP contribution in [0.4, 0.5) is 5.69 Å². The fourth-order valence-electron chi connectivity index (χ4n) is 3.58. The number of halogens is 2. The quantitative estimate of drug-likeness (QED) is 0.618. The highest BCUT2D eigenvalue weighted by molar-refractivity contribution is 9.10. The number of fused-ring (bicyclic) bond motifs is 1. The van der Waals surface area contributed by atoms with Crippen molar-refractivity contribution in [2.24, 2.45) is 0 Å². The molecule has 1 aliphatic rings. The lowest BCUT2D eigenvalue weighted by Crippen LogP contribution is -2.42. The summed E-state index contributed by atoms with van der Waals surface area (Å²) in [6.07, 6.45) is 2.10. The lowest BCUT2D eigenvalue weighted by molar-refractivity contribution is -0.117. The van der Waals surface area contributed by atoms with E-state index in [2.05, 4.69) is 61.2 Å². The number of carbonyl (C=O) groups excluding carboxylic acids is 1. The number of anilines is 1. The van der Waals surface area contributed by atoms with Crippen molar-refractivity contribution < 1.29 is 4.79 Å². The molecule has 0 fully saturated rings. The molecule has 0 bridgehead atoms. The average Bonchev–Trinajstić information content (AvgIpc) is 3.13. The molecule has 1 aliphatic heterocycles. The predicted molar refractivity (Wildman–Crippen MR) is 112 cm³/mol. The van der Waals surface area contributed by atoms with E-state index in [9.17, 15) is 4.79 Å². The standard InChI is InChI=1S/C21H19BrClN3O/c22-16-8-9-18(17(23)13-16)24-20(27)14-26-12-11-25-10-4-7-19(25)21(26)15-5-2-1-3-6-15/h1-10,13,21H,11-12,14H2,(H,24,27). The topological polar surface area (TPSA) is 37.3 Å². The number of amides is 1. The number of aromatic nitrogens is 1. The highest BCUT2D eigenvalue weighted by atomic mass is 79.9. The zero-order valence-electron chi connectivity index (χ0n) is 14.6. The smallest absolute Gasteiger partial charge is 0.238 e. The Balaban J connectivity index is 1.56. The number of nitrogens with zero attached hydrogens (tertiary/aromatic N) is 2. The van der Waals surface area contributed by atoms with Gasteiger partial charge in [0.05, 0.1) is 23.3 Å². The first-order valence-electron chi connectivity index (χ1n) is 8.81. The number of benzene rings is 2. The fraction of sp³-hybridized carbons (Fsp3) is 0.190. The third-order valence-electron chi connectivity index (χ3n) is 4.81. The van der Waals surface area contributed by atoms with Gasteiger partial charge in [0.1, 0.15) is 0 Å². The zero-order valence-corrected chi connectivity index (χ0v) is 17.0. The summed E-state index contributed by atoms with van der Waals surface area (Å²) >= 11 is 9.61. The minimum absolute atomic E-state index is 0.0566. The van der Waals surface area contributed by atoms with E-state index in [1.807, 2.05) is 24.3 Å². The number of nitrogens with one attached hydrogen (secondary N) is 1. The van der Waals surface area contributed by atoms with Gasteiger partial charge in [0.25, 0.3) is 0 Å². The van der Waals surface area contributed by atoms with Crippen LogP contribution in [0.2, 0.25) is 5.02 Å². The van der Waals surface area contributed by atoms with Crippen LogP contribution in [0.25, 0.3) is 0 Å². The van der Waals surface area contributed by atoms with E-state index in [-0.39, 0.29) is 11.9 Å². The molecule has 138 valence electrons. The summed E-state index contributed by atoms with van der Waals surface area (Å²) in [7, 11) is 0. The van der Waals surface area contributed by atoms with E-state index in [1.165, 1.54) is 11.3 Å². The summed E-state index contributed by atoms with van der Waals surface area (Å²) in [5, 5.41) is 3.45. The van der Waals surface area contributed by atoms with Gasteiger partial charge in [0, 0.05) is 29.5 Å². The number of rotatable bonds is 4. The highest BCUT2D eigenvalue weighted by Crippen LogP contribution is 2.32. The van der Waals surface area contributed by atoms with Crippen LogP contribution in [0.3, 0.4) is 0 Å². The molecular formula is C21H19BrClN3O. The monoisotopic (exact) mass is 443 g/mol. The maximum absolute atomic E-state index is 12.7. The molecule has 2 aromatic carbocycles. The zero-order chi connectivity index (χ0) is 18.8. The highest BCUT2D eigenvalue weighted by Gasteiger charge is 2.30. The Hall–Kier alpha value is -2.08. The molecule has 1 unspecified atom stereocenters. The lowest BCUT2D eigenvalue weighted by atomic mass is 10.00. The molecule has 0 spiro atoms. The molecule has 2 heterocycles. The van der Waals surface area contributed by atoms with E-state index in [1.54, 1.807) is 12.1 Å². The number of hydrogen-bond acceptors (Lipinski definition) is 2. The summed E-state index contributed by atoms with van der Waals surface area (Å²) in [6, 6.07) is 20.0.